The Bertz CT molecular complexity index is 1000. The summed E-state index contributed by atoms with van der Waals surface area (Å²) in [4.78, 5) is 53.3. The highest BCUT2D eigenvalue weighted by atomic mass is 16.6. The van der Waals surface area contributed by atoms with E-state index in [9.17, 15) is 19.2 Å². The molecule has 0 bridgehead atoms. The van der Waals surface area contributed by atoms with Crippen LogP contribution in [0.1, 0.15) is 157 Å². The Morgan fingerprint density at radius 2 is 1.34 bits per heavy atom. The van der Waals surface area contributed by atoms with Crippen LogP contribution in [0.5, 0.6) is 0 Å². The second-order valence-electron chi connectivity index (χ2n) is 15.8. The number of ether oxygens (including phenoxy) is 2. The molecule has 3 rings (SSSR count). The molecule has 0 aromatic carbocycles. The highest BCUT2D eigenvalue weighted by molar-refractivity contribution is 5.80. The lowest BCUT2D eigenvalue weighted by molar-refractivity contribution is -0.152. The fourth-order valence-corrected chi connectivity index (χ4v) is 8.57. The third-order valence-electron chi connectivity index (χ3n) is 11.1. The van der Waals surface area contributed by atoms with Gasteiger partial charge >= 0.3 is 12.1 Å². The first-order valence-electron chi connectivity index (χ1n) is 19.1. The van der Waals surface area contributed by atoms with E-state index in [2.05, 4.69) is 36.7 Å². The summed E-state index contributed by atoms with van der Waals surface area (Å²) in [7, 11) is 0. The number of nitrogens with one attached hydrogen (secondary N) is 3. The molecule has 0 heterocycles. The number of rotatable bonds is 15. The van der Waals surface area contributed by atoms with Crippen LogP contribution in [0.4, 0.5) is 4.79 Å². The van der Waals surface area contributed by atoms with Crippen molar-refractivity contribution in [2.75, 3.05) is 13.2 Å². The van der Waals surface area contributed by atoms with E-state index in [1.54, 1.807) is 0 Å². The van der Waals surface area contributed by atoms with Gasteiger partial charge < -0.3 is 25.4 Å². The summed E-state index contributed by atoms with van der Waals surface area (Å²) in [6.45, 7) is 12.7. The zero-order valence-electron chi connectivity index (χ0n) is 30.6. The van der Waals surface area contributed by atoms with Crippen molar-refractivity contribution in [3.8, 4) is 0 Å². The molecule has 0 unspecified atom stereocenters. The van der Waals surface area contributed by atoms with Crippen molar-refractivity contribution in [2.45, 2.75) is 175 Å². The summed E-state index contributed by atoms with van der Waals surface area (Å²) in [5.74, 6) is -0.269. The topological polar surface area (TPSA) is 123 Å². The molecule has 3 amide bonds. The van der Waals surface area contributed by atoms with Crippen LogP contribution < -0.4 is 16.0 Å². The van der Waals surface area contributed by atoms with Gasteiger partial charge in [0.05, 0.1) is 12.5 Å². The highest BCUT2D eigenvalue weighted by Gasteiger charge is 2.41. The van der Waals surface area contributed by atoms with E-state index < -0.39 is 11.7 Å². The van der Waals surface area contributed by atoms with Crippen molar-refractivity contribution >= 4 is 23.9 Å². The van der Waals surface area contributed by atoms with E-state index in [0.29, 0.717) is 32.4 Å². The molecule has 3 aliphatic carbocycles. The molecule has 0 aromatic heterocycles. The van der Waals surface area contributed by atoms with Crippen molar-refractivity contribution < 1.29 is 28.7 Å². The van der Waals surface area contributed by atoms with Gasteiger partial charge in [-0.2, -0.15) is 0 Å². The van der Waals surface area contributed by atoms with Crippen molar-refractivity contribution in [1.82, 2.24) is 16.0 Å². The van der Waals surface area contributed by atoms with Crippen LogP contribution >= 0.6 is 0 Å². The lowest BCUT2D eigenvalue weighted by Gasteiger charge is -2.41. The summed E-state index contributed by atoms with van der Waals surface area (Å²) in [5.41, 5.74) is -0.858. The maximum absolute atomic E-state index is 14.0. The quantitative estimate of drug-likeness (QED) is 0.123. The second kappa shape index (κ2) is 19.0. The molecule has 0 aromatic rings. The minimum atomic E-state index is -0.574. The van der Waals surface area contributed by atoms with E-state index in [-0.39, 0.29) is 59.0 Å². The van der Waals surface area contributed by atoms with Crippen LogP contribution in [0, 0.1) is 29.1 Å². The number of alkyl carbamates (subject to hydrolysis) is 1. The second-order valence-corrected chi connectivity index (χ2v) is 15.8. The molecule has 9 heteroatoms. The van der Waals surface area contributed by atoms with Crippen molar-refractivity contribution in [3.05, 3.63) is 0 Å². The smallest absolute Gasteiger partial charge is 0.407 e. The van der Waals surface area contributed by atoms with Gasteiger partial charge in [-0.25, -0.2) is 4.79 Å². The van der Waals surface area contributed by atoms with Gasteiger partial charge in [-0.15, -0.1) is 0 Å². The first-order valence-corrected chi connectivity index (χ1v) is 19.1. The molecule has 6 atom stereocenters. The van der Waals surface area contributed by atoms with E-state index in [0.717, 1.165) is 96.3 Å². The molecule has 0 radical (unpaired) electrons. The van der Waals surface area contributed by atoms with Crippen LogP contribution in [0.2, 0.25) is 0 Å². The van der Waals surface area contributed by atoms with Gasteiger partial charge in [-0.05, 0) is 95.8 Å². The summed E-state index contributed by atoms with van der Waals surface area (Å²) < 4.78 is 11.1. The first kappa shape index (κ1) is 39.1. The Balaban J connectivity index is 1.65. The molecular weight excluding hydrogens is 594 g/mol. The van der Waals surface area contributed by atoms with Gasteiger partial charge in [-0.3, -0.25) is 14.4 Å². The third-order valence-corrected chi connectivity index (χ3v) is 11.1. The third kappa shape index (κ3) is 12.3. The van der Waals surface area contributed by atoms with Gasteiger partial charge in [0.2, 0.25) is 11.8 Å². The number of hydrogen-bond acceptors (Lipinski definition) is 6. The summed E-state index contributed by atoms with van der Waals surface area (Å²) >= 11 is 0. The van der Waals surface area contributed by atoms with Gasteiger partial charge in [0, 0.05) is 31.0 Å². The van der Waals surface area contributed by atoms with E-state index in [1.165, 1.54) is 0 Å². The molecule has 3 N–H and O–H groups in total. The Kier molecular flexibility index (Phi) is 15.8. The minimum absolute atomic E-state index is 0.0183. The lowest BCUT2D eigenvalue weighted by atomic mass is 9.71. The largest absolute Gasteiger partial charge is 0.465 e. The summed E-state index contributed by atoms with van der Waals surface area (Å²) in [6, 6.07) is -0.0836. The van der Waals surface area contributed by atoms with Crippen LogP contribution in [-0.4, -0.2) is 54.7 Å². The van der Waals surface area contributed by atoms with Crippen molar-refractivity contribution in [2.24, 2.45) is 29.1 Å². The highest BCUT2D eigenvalue weighted by Crippen LogP contribution is 2.40. The van der Waals surface area contributed by atoms with E-state index in [4.69, 9.17) is 9.47 Å². The number of amides is 3. The minimum Gasteiger partial charge on any atom is -0.465 e. The molecule has 9 nitrogen and oxygen atoms in total. The monoisotopic (exact) mass is 662 g/mol. The molecule has 0 aliphatic heterocycles. The van der Waals surface area contributed by atoms with E-state index in [1.807, 2.05) is 20.8 Å². The number of carbonyl (C=O) groups excluding carboxylic acids is 4. The van der Waals surface area contributed by atoms with Gasteiger partial charge in [0.1, 0.15) is 5.60 Å². The van der Waals surface area contributed by atoms with Crippen LogP contribution in [0.3, 0.4) is 0 Å². The fourth-order valence-electron chi connectivity index (χ4n) is 8.57. The Labute approximate surface area is 285 Å². The number of hydrogen-bond donors (Lipinski definition) is 3. The molecule has 47 heavy (non-hydrogen) atoms. The predicted octanol–water partition coefficient (Wildman–Crippen LogP) is 7.60. The molecule has 3 aliphatic rings. The lowest BCUT2D eigenvalue weighted by Crippen LogP contribution is -2.53. The molecular formula is C38H67N3O6. The van der Waals surface area contributed by atoms with Crippen LogP contribution in [-0.2, 0) is 23.9 Å². The van der Waals surface area contributed by atoms with Gasteiger partial charge in [0.25, 0.3) is 0 Å². The van der Waals surface area contributed by atoms with Crippen molar-refractivity contribution in [3.63, 3.8) is 0 Å². The van der Waals surface area contributed by atoms with Gasteiger partial charge in [-0.1, -0.05) is 72.1 Å². The Hall–Kier alpha value is -2.32. The molecule has 0 spiro atoms. The standard InChI is InChI=1S/C38H67N3O6/c1-7-10-24-46-35(44)28(9-3)30-19-13-15-21-32(30)41-34(43)27(8-2)29-18-12-14-20-31(29)40-33(42)25-38(22-16-11-17-23-38)26-39-36(45)47-37(4,5)6/h27-32H,7-26H2,1-6H3,(H,39,45)(H,40,42)(H,41,43)/t27-,28-,29-,30-,31-,32-/m0/s1. The first-order chi connectivity index (χ1) is 22.4. The average Bonchev–Trinajstić information content (AvgIpc) is 3.02. The predicted molar refractivity (Wildman–Crippen MR) is 186 cm³/mol. The molecule has 270 valence electrons. The SMILES string of the molecule is CCCCOC(=O)[C@@H](CC)[C@@H]1CCCC[C@@H]1NC(=O)[C@@H](CC)[C@@H]1CCCC[C@@H]1NC(=O)CC1(CNC(=O)OC(C)(C)C)CCCCC1. The van der Waals surface area contributed by atoms with E-state index >= 15 is 0 Å². The van der Waals surface area contributed by atoms with Gasteiger partial charge in [0.15, 0.2) is 0 Å². The zero-order chi connectivity index (χ0) is 34.5. The number of carbonyl (C=O) groups is 4. The summed E-state index contributed by atoms with van der Waals surface area (Å²) in [5, 5.41) is 9.78. The Morgan fingerprint density at radius 1 is 0.766 bits per heavy atom. The molecule has 0 saturated heterocycles. The van der Waals surface area contributed by atoms with Crippen LogP contribution in [0.15, 0.2) is 0 Å². The average molecular weight is 662 g/mol. The normalized spacial score (nSPS) is 25.9. The maximum atomic E-state index is 14.0. The molecule has 3 saturated carbocycles. The zero-order valence-corrected chi connectivity index (χ0v) is 30.6. The maximum Gasteiger partial charge on any atom is 0.407 e. The molecule has 3 fully saturated rings. The summed E-state index contributed by atoms with van der Waals surface area (Å²) in [6.07, 6.45) is 16.0. The number of unbranched alkanes of at least 4 members (excludes halogenated alkanes) is 1. The number of esters is 1. The Morgan fingerprint density at radius 3 is 1.91 bits per heavy atom. The fraction of sp³-hybridized carbons (Fsp3) is 0.895. The van der Waals surface area contributed by atoms with Crippen LogP contribution in [0.25, 0.3) is 0 Å². The van der Waals surface area contributed by atoms with Crippen molar-refractivity contribution in [1.29, 1.82) is 0 Å².